The molecule has 21 heavy (non-hydrogen) atoms. The highest BCUT2D eigenvalue weighted by Crippen LogP contribution is 2.18. The molecule has 0 bridgehead atoms. The number of rotatable bonds is 10. The summed E-state index contributed by atoms with van der Waals surface area (Å²) in [5.41, 5.74) is 0.570. The lowest BCUT2D eigenvalue weighted by Gasteiger charge is -2.18. The van der Waals surface area contributed by atoms with Crippen molar-refractivity contribution in [1.29, 1.82) is 0 Å². The molecule has 0 aliphatic heterocycles. The van der Waals surface area contributed by atoms with E-state index in [9.17, 15) is 4.79 Å². The SMILES string of the molecule is CC(C)(C)CCNC(=O)CCOCCOCCC(C)(C)C. The van der Waals surface area contributed by atoms with Crippen LogP contribution in [0.15, 0.2) is 0 Å². The molecule has 4 nitrogen and oxygen atoms in total. The summed E-state index contributed by atoms with van der Waals surface area (Å²) in [6.07, 6.45) is 2.45. The Labute approximate surface area is 131 Å². The number of carbonyl (C=O) groups excluding carboxylic acids is 1. The topological polar surface area (TPSA) is 47.6 Å². The number of nitrogens with one attached hydrogen (secondary N) is 1. The first-order valence-corrected chi connectivity index (χ1v) is 8.02. The van der Waals surface area contributed by atoms with Gasteiger partial charge in [-0.3, -0.25) is 4.79 Å². The summed E-state index contributed by atoms with van der Waals surface area (Å²) in [7, 11) is 0. The van der Waals surface area contributed by atoms with Crippen molar-refractivity contribution in [2.24, 2.45) is 10.8 Å². The maximum atomic E-state index is 11.6. The minimum atomic E-state index is 0.0629. The molecule has 0 rings (SSSR count). The molecule has 0 heterocycles. The summed E-state index contributed by atoms with van der Waals surface area (Å²) in [6, 6.07) is 0. The smallest absolute Gasteiger partial charge is 0.222 e. The van der Waals surface area contributed by atoms with Gasteiger partial charge in [-0.1, -0.05) is 41.5 Å². The second-order valence-corrected chi connectivity index (χ2v) is 7.95. The van der Waals surface area contributed by atoms with E-state index in [1.807, 2.05) is 0 Å². The van der Waals surface area contributed by atoms with Gasteiger partial charge >= 0.3 is 0 Å². The van der Waals surface area contributed by atoms with Crippen LogP contribution in [-0.4, -0.2) is 38.9 Å². The molecular weight excluding hydrogens is 266 g/mol. The van der Waals surface area contributed by atoms with Crippen molar-refractivity contribution in [1.82, 2.24) is 5.32 Å². The van der Waals surface area contributed by atoms with Crippen molar-refractivity contribution >= 4 is 5.91 Å². The van der Waals surface area contributed by atoms with Crippen LogP contribution in [0.2, 0.25) is 0 Å². The van der Waals surface area contributed by atoms with Gasteiger partial charge < -0.3 is 14.8 Å². The zero-order valence-electron chi connectivity index (χ0n) is 14.9. The van der Waals surface area contributed by atoms with E-state index in [-0.39, 0.29) is 11.3 Å². The Hall–Kier alpha value is -0.610. The standard InChI is InChI=1S/C17H35NO3/c1-16(2,3)8-10-18-15(19)7-11-20-13-14-21-12-9-17(4,5)6/h7-14H2,1-6H3,(H,18,19). The second kappa shape index (κ2) is 10.2. The van der Waals surface area contributed by atoms with Crippen LogP contribution in [0.4, 0.5) is 0 Å². The van der Waals surface area contributed by atoms with Gasteiger partial charge in [0, 0.05) is 19.6 Å². The fourth-order valence-corrected chi connectivity index (χ4v) is 1.53. The van der Waals surface area contributed by atoms with Crippen LogP contribution >= 0.6 is 0 Å². The molecule has 0 aromatic heterocycles. The van der Waals surface area contributed by atoms with Gasteiger partial charge in [0.2, 0.25) is 5.91 Å². The molecule has 1 amide bonds. The van der Waals surface area contributed by atoms with Crippen LogP contribution in [0.5, 0.6) is 0 Å². The maximum Gasteiger partial charge on any atom is 0.222 e. The monoisotopic (exact) mass is 301 g/mol. The van der Waals surface area contributed by atoms with Gasteiger partial charge in [-0.15, -0.1) is 0 Å². The Morgan fingerprint density at radius 2 is 1.33 bits per heavy atom. The van der Waals surface area contributed by atoms with Gasteiger partial charge in [0.05, 0.1) is 19.8 Å². The predicted molar refractivity (Wildman–Crippen MR) is 87.4 cm³/mol. The van der Waals surface area contributed by atoms with Gasteiger partial charge in [0.25, 0.3) is 0 Å². The third kappa shape index (κ3) is 17.3. The van der Waals surface area contributed by atoms with Crippen LogP contribution in [0, 0.1) is 10.8 Å². The zero-order valence-corrected chi connectivity index (χ0v) is 14.9. The largest absolute Gasteiger partial charge is 0.379 e. The molecule has 0 radical (unpaired) electrons. The van der Waals surface area contributed by atoms with Crippen molar-refractivity contribution in [3.63, 3.8) is 0 Å². The molecule has 0 aromatic carbocycles. The van der Waals surface area contributed by atoms with Gasteiger partial charge in [-0.05, 0) is 23.7 Å². The number of amides is 1. The Balaban J connectivity index is 3.33. The van der Waals surface area contributed by atoms with Crippen LogP contribution in [0.1, 0.15) is 60.8 Å². The first-order valence-electron chi connectivity index (χ1n) is 8.02. The van der Waals surface area contributed by atoms with Crippen LogP contribution in [0.25, 0.3) is 0 Å². The zero-order chi connectivity index (χ0) is 16.4. The second-order valence-electron chi connectivity index (χ2n) is 7.95. The van der Waals surface area contributed by atoms with Crippen molar-refractivity contribution in [3.8, 4) is 0 Å². The Kier molecular flexibility index (Phi) is 9.88. The molecule has 1 N–H and O–H groups in total. The fourth-order valence-electron chi connectivity index (χ4n) is 1.53. The fraction of sp³-hybridized carbons (Fsp3) is 0.941. The average Bonchev–Trinajstić information content (AvgIpc) is 2.29. The highest BCUT2D eigenvalue weighted by atomic mass is 16.5. The molecule has 4 heteroatoms. The third-order valence-electron chi connectivity index (χ3n) is 3.04. The van der Waals surface area contributed by atoms with Crippen LogP contribution in [0.3, 0.4) is 0 Å². The molecule has 0 fully saturated rings. The molecule has 0 aliphatic rings. The van der Waals surface area contributed by atoms with Crippen molar-refractivity contribution in [2.75, 3.05) is 33.0 Å². The summed E-state index contributed by atoms with van der Waals surface area (Å²) < 4.78 is 10.9. The van der Waals surface area contributed by atoms with E-state index < -0.39 is 0 Å². The summed E-state index contributed by atoms with van der Waals surface area (Å²) >= 11 is 0. The highest BCUT2D eigenvalue weighted by molar-refractivity contribution is 5.75. The van der Waals surface area contributed by atoms with E-state index in [0.717, 1.165) is 26.0 Å². The summed E-state index contributed by atoms with van der Waals surface area (Å²) in [5.74, 6) is 0.0629. The van der Waals surface area contributed by atoms with Gasteiger partial charge in [0.1, 0.15) is 0 Å². The molecule has 126 valence electrons. The van der Waals surface area contributed by atoms with Crippen molar-refractivity contribution in [2.45, 2.75) is 60.8 Å². The molecule has 0 atom stereocenters. The minimum absolute atomic E-state index is 0.0629. The predicted octanol–water partition coefficient (Wildman–Crippen LogP) is 3.40. The first-order chi connectivity index (χ1) is 9.60. The molecule has 0 unspecified atom stereocenters. The van der Waals surface area contributed by atoms with Gasteiger partial charge in [0.15, 0.2) is 0 Å². The summed E-state index contributed by atoms with van der Waals surface area (Å²) in [4.78, 5) is 11.6. The quantitative estimate of drug-likeness (QED) is 0.629. The highest BCUT2D eigenvalue weighted by Gasteiger charge is 2.10. The minimum Gasteiger partial charge on any atom is -0.379 e. The van der Waals surface area contributed by atoms with Crippen molar-refractivity contribution in [3.05, 3.63) is 0 Å². The van der Waals surface area contributed by atoms with Crippen LogP contribution < -0.4 is 5.32 Å². The lowest BCUT2D eigenvalue weighted by Crippen LogP contribution is -2.28. The molecule has 0 aromatic rings. The third-order valence-corrected chi connectivity index (χ3v) is 3.04. The Morgan fingerprint density at radius 3 is 1.86 bits per heavy atom. The van der Waals surface area contributed by atoms with E-state index in [4.69, 9.17) is 9.47 Å². The summed E-state index contributed by atoms with van der Waals surface area (Å²) in [5, 5.41) is 2.92. The van der Waals surface area contributed by atoms with E-state index in [1.165, 1.54) is 0 Å². The number of hydrogen-bond donors (Lipinski definition) is 1. The van der Waals surface area contributed by atoms with Crippen LogP contribution in [-0.2, 0) is 14.3 Å². The van der Waals surface area contributed by atoms with Crippen molar-refractivity contribution < 1.29 is 14.3 Å². The lowest BCUT2D eigenvalue weighted by atomic mass is 9.92. The number of carbonyl (C=O) groups is 1. The molecule has 0 aliphatic carbocycles. The van der Waals surface area contributed by atoms with Gasteiger partial charge in [-0.25, -0.2) is 0 Å². The Bertz CT molecular complexity index is 277. The molecular formula is C17H35NO3. The van der Waals surface area contributed by atoms with E-state index in [2.05, 4.69) is 46.9 Å². The number of hydrogen-bond acceptors (Lipinski definition) is 3. The lowest BCUT2D eigenvalue weighted by molar-refractivity contribution is -0.122. The molecule has 0 saturated heterocycles. The molecule has 0 spiro atoms. The van der Waals surface area contributed by atoms with E-state index >= 15 is 0 Å². The summed E-state index contributed by atoms with van der Waals surface area (Å²) in [6.45, 7) is 16.2. The van der Waals surface area contributed by atoms with E-state index in [0.29, 0.717) is 31.7 Å². The normalized spacial score (nSPS) is 12.5. The van der Waals surface area contributed by atoms with Gasteiger partial charge in [-0.2, -0.15) is 0 Å². The Morgan fingerprint density at radius 1 is 0.810 bits per heavy atom. The number of ether oxygens (including phenoxy) is 2. The first kappa shape index (κ1) is 20.4. The van der Waals surface area contributed by atoms with E-state index in [1.54, 1.807) is 0 Å². The molecule has 0 saturated carbocycles. The maximum absolute atomic E-state index is 11.6. The average molecular weight is 301 g/mol.